The second-order valence-electron chi connectivity index (χ2n) is 7.77. The SMILES string of the molecule is C=C/C=C\C1=C(C)CC2(CCC(C(=C)NC(=C)C(=C)C)CC2)C1C. The van der Waals surface area contributed by atoms with Gasteiger partial charge in [-0.25, -0.2) is 0 Å². The number of allylic oxidation sites excluding steroid dienone is 7. The second kappa shape index (κ2) is 7.42. The first-order valence-electron chi connectivity index (χ1n) is 9.10. The average Bonchev–Trinajstić information content (AvgIpc) is 2.76. The van der Waals surface area contributed by atoms with Crippen LogP contribution in [0.25, 0.3) is 0 Å². The highest BCUT2D eigenvalue weighted by molar-refractivity contribution is 5.36. The van der Waals surface area contributed by atoms with Gasteiger partial charge in [0.2, 0.25) is 0 Å². The Hall–Kier alpha value is -1.76. The van der Waals surface area contributed by atoms with Crippen molar-refractivity contribution in [2.45, 2.75) is 52.9 Å². The monoisotopic (exact) mass is 323 g/mol. The highest BCUT2D eigenvalue weighted by Gasteiger charge is 2.45. The molecule has 0 aromatic rings. The van der Waals surface area contributed by atoms with E-state index in [0.29, 0.717) is 17.3 Å². The molecule has 0 aromatic carbocycles. The van der Waals surface area contributed by atoms with Gasteiger partial charge in [-0.15, -0.1) is 0 Å². The van der Waals surface area contributed by atoms with Gasteiger partial charge in [0, 0.05) is 11.4 Å². The van der Waals surface area contributed by atoms with E-state index in [2.05, 4.69) is 57.6 Å². The lowest BCUT2D eigenvalue weighted by Crippen LogP contribution is -2.33. The minimum Gasteiger partial charge on any atom is -0.359 e. The Labute approximate surface area is 148 Å². The molecule has 1 spiro atoms. The summed E-state index contributed by atoms with van der Waals surface area (Å²) < 4.78 is 0. The van der Waals surface area contributed by atoms with Crippen molar-refractivity contribution in [1.82, 2.24) is 5.32 Å². The van der Waals surface area contributed by atoms with Crippen LogP contribution in [0.2, 0.25) is 0 Å². The van der Waals surface area contributed by atoms with E-state index in [1.807, 2.05) is 13.0 Å². The molecule has 2 aliphatic rings. The molecule has 0 aliphatic heterocycles. The summed E-state index contributed by atoms with van der Waals surface area (Å²) in [6.45, 7) is 22.7. The topological polar surface area (TPSA) is 12.0 Å². The molecule has 0 amide bonds. The zero-order chi connectivity index (χ0) is 17.9. The van der Waals surface area contributed by atoms with E-state index in [1.165, 1.54) is 37.7 Å². The summed E-state index contributed by atoms with van der Waals surface area (Å²) >= 11 is 0. The molecule has 1 N–H and O–H groups in total. The lowest BCUT2D eigenvalue weighted by atomic mass is 9.63. The van der Waals surface area contributed by atoms with E-state index in [4.69, 9.17) is 0 Å². The molecule has 24 heavy (non-hydrogen) atoms. The van der Waals surface area contributed by atoms with E-state index in [-0.39, 0.29) is 0 Å². The number of hydrogen-bond donors (Lipinski definition) is 1. The fraction of sp³-hybridized carbons (Fsp3) is 0.478. The van der Waals surface area contributed by atoms with Crippen LogP contribution in [0.1, 0.15) is 52.9 Å². The molecule has 0 saturated heterocycles. The van der Waals surface area contributed by atoms with Gasteiger partial charge in [-0.2, -0.15) is 0 Å². The minimum absolute atomic E-state index is 0.451. The molecule has 1 nitrogen and oxygen atoms in total. The molecule has 2 rings (SSSR count). The van der Waals surface area contributed by atoms with Gasteiger partial charge in [0.15, 0.2) is 0 Å². The average molecular weight is 324 g/mol. The Morgan fingerprint density at radius 2 is 1.83 bits per heavy atom. The van der Waals surface area contributed by atoms with Crippen LogP contribution in [0.3, 0.4) is 0 Å². The van der Waals surface area contributed by atoms with Gasteiger partial charge < -0.3 is 5.32 Å². The maximum atomic E-state index is 4.26. The third-order valence-corrected chi connectivity index (χ3v) is 6.21. The number of rotatable bonds is 6. The van der Waals surface area contributed by atoms with Crippen LogP contribution in [-0.4, -0.2) is 0 Å². The number of nitrogens with one attached hydrogen (secondary N) is 1. The molecule has 0 aromatic heterocycles. The van der Waals surface area contributed by atoms with Crippen LogP contribution in [0, 0.1) is 17.3 Å². The van der Waals surface area contributed by atoms with Gasteiger partial charge in [-0.3, -0.25) is 0 Å². The second-order valence-corrected chi connectivity index (χ2v) is 7.77. The first-order valence-corrected chi connectivity index (χ1v) is 9.10. The lowest BCUT2D eigenvalue weighted by Gasteiger charge is -2.42. The normalized spacial score (nSPS) is 30.0. The molecular formula is C23H33N. The van der Waals surface area contributed by atoms with Gasteiger partial charge in [0.05, 0.1) is 0 Å². The quantitative estimate of drug-likeness (QED) is 0.553. The fourth-order valence-corrected chi connectivity index (χ4v) is 4.49. The molecule has 1 heteroatoms. The third kappa shape index (κ3) is 3.66. The first-order chi connectivity index (χ1) is 11.3. The van der Waals surface area contributed by atoms with E-state index in [1.54, 1.807) is 5.57 Å². The molecule has 2 aliphatic carbocycles. The summed E-state index contributed by atoms with van der Waals surface area (Å²) in [4.78, 5) is 0. The zero-order valence-electron chi connectivity index (χ0n) is 15.8. The smallest absolute Gasteiger partial charge is 0.0332 e. The van der Waals surface area contributed by atoms with Crippen molar-refractivity contribution < 1.29 is 0 Å². The number of hydrogen-bond acceptors (Lipinski definition) is 1. The summed E-state index contributed by atoms with van der Waals surface area (Å²) in [5.41, 5.74) is 6.52. The highest BCUT2D eigenvalue weighted by atomic mass is 14.9. The largest absolute Gasteiger partial charge is 0.359 e. The van der Waals surface area contributed by atoms with Gasteiger partial charge in [0.1, 0.15) is 0 Å². The minimum atomic E-state index is 0.451. The van der Waals surface area contributed by atoms with Crippen LogP contribution in [0.5, 0.6) is 0 Å². The van der Waals surface area contributed by atoms with Crippen molar-refractivity contribution in [3.8, 4) is 0 Å². The summed E-state index contributed by atoms with van der Waals surface area (Å²) in [6, 6.07) is 0. The van der Waals surface area contributed by atoms with Crippen molar-refractivity contribution >= 4 is 0 Å². The molecule has 0 heterocycles. The molecule has 1 atom stereocenters. The summed E-state index contributed by atoms with van der Waals surface area (Å²) in [5.74, 6) is 1.19. The van der Waals surface area contributed by atoms with Gasteiger partial charge in [-0.1, -0.05) is 57.0 Å². The zero-order valence-corrected chi connectivity index (χ0v) is 15.8. The molecule has 1 unspecified atom stereocenters. The van der Waals surface area contributed by atoms with Crippen molar-refractivity contribution in [2.75, 3.05) is 0 Å². The first kappa shape index (κ1) is 18.6. The molecule has 0 radical (unpaired) electrons. The molecule has 130 valence electrons. The van der Waals surface area contributed by atoms with E-state index in [9.17, 15) is 0 Å². The maximum Gasteiger partial charge on any atom is 0.0332 e. The van der Waals surface area contributed by atoms with Crippen molar-refractivity contribution in [3.63, 3.8) is 0 Å². The van der Waals surface area contributed by atoms with Crippen molar-refractivity contribution in [1.29, 1.82) is 0 Å². The Morgan fingerprint density at radius 3 is 2.38 bits per heavy atom. The van der Waals surface area contributed by atoms with Crippen molar-refractivity contribution in [3.05, 3.63) is 72.7 Å². The fourth-order valence-electron chi connectivity index (χ4n) is 4.49. The van der Waals surface area contributed by atoms with Crippen LogP contribution >= 0.6 is 0 Å². The predicted octanol–water partition coefficient (Wildman–Crippen LogP) is 6.45. The predicted molar refractivity (Wildman–Crippen MR) is 106 cm³/mol. The third-order valence-electron chi connectivity index (χ3n) is 6.21. The Morgan fingerprint density at radius 1 is 1.21 bits per heavy atom. The van der Waals surface area contributed by atoms with Crippen LogP contribution in [0.15, 0.2) is 72.7 Å². The van der Waals surface area contributed by atoms with Crippen LogP contribution < -0.4 is 5.32 Å². The van der Waals surface area contributed by atoms with E-state index >= 15 is 0 Å². The Balaban J connectivity index is 1.99. The Bertz CT molecular complexity index is 606. The van der Waals surface area contributed by atoms with Crippen molar-refractivity contribution in [2.24, 2.45) is 17.3 Å². The maximum absolute atomic E-state index is 4.26. The van der Waals surface area contributed by atoms with E-state index < -0.39 is 0 Å². The highest BCUT2D eigenvalue weighted by Crippen LogP contribution is 2.56. The molecule has 1 fully saturated rings. The standard InChI is InChI=1S/C23H33N/c1-8-9-10-22-17(4)15-23(18(22)5)13-11-21(12-14-23)20(7)24-19(6)16(2)3/h8-10,18,21,24H,1-2,6-7,11-15H2,3-5H3/b10-9-. The van der Waals surface area contributed by atoms with Crippen LogP contribution in [0.4, 0.5) is 0 Å². The molecule has 1 saturated carbocycles. The van der Waals surface area contributed by atoms with E-state index in [0.717, 1.165) is 17.0 Å². The van der Waals surface area contributed by atoms with Gasteiger partial charge in [-0.05, 0) is 74.3 Å². The Kier molecular flexibility index (Phi) is 5.74. The summed E-state index contributed by atoms with van der Waals surface area (Å²) in [6.07, 6.45) is 12.5. The molecule has 0 bridgehead atoms. The molecular weight excluding hydrogens is 290 g/mol. The van der Waals surface area contributed by atoms with Gasteiger partial charge >= 0.3 is 0 Å². The lowest BCUT2D eigenvalue weighted by molar-refractivity contribution is 0.124. The summed E-state index contributed by atoms with van der Waals surface area (Å²) in [5, 5.41) is 3.36. The summed E-state index contributed by atoms with van der Waals surface area (Å²) in [7, 11) is 0. The van der Waals surface area contributed by atoms with Gasteiger partial charge in [0.25, 0.3) is 0 Å². The van der Waals surface area contributed by atoms with Crippen LogP contribution in [-0.2, 0) is 0 Å².